The van der Waals surface area contributed by atoms with E-state index in [0.29, 0.717) is 0 Å². The van der Waals surface area contributed by atoms with Crippen LogP contribution >= 0.6 is 0 Å². The zero-order chi connectivity index (χ0) is 8.43. The molecule has 0 fully saturated rings. The largest absolute Gasteiger partial charge is 0.394 e. The number of rotatable bonds is 2. The van der Waals surface area contributed by atoms with Gasteiger partial charge in [-0.1, -0.05) is 6.58 Å². The topological polar surface area (TPSA) is 97.8 Å². The SMILES string of the molecule is C=C(N)c1ncc([N+](=O)[O-])[nH]1. The van der Waals surface area contributed by atoms with Crippen molar-refractivity contribution in [1.82, 2.24) is 9.97 Å². The van der Waals surface area contributed by atoms with Crippen molar-refractivity contribution in [2.75, 3.05) is 0 Å². The summed E-state index contributed by atoms with van der Waals surface area (Å²) in [6.07, 6.45) is 1.09. The molecule has 0 bridgehead atoms. The summed E-state index contributed by atoms with van der Waals surface area (Å²) in [4.78, 5) is 15.5. The molecule has 0 aliphatic heterocycles. The Labute approximate surface area is 61.9 Å². The van der Waals surface area contributed by atoms with Crippen molar-refractivity contribution in [1.29, 1.82) is 0 Å². The highest BCUT2D eigenvalue weighted by atomic mass is 16.6. The van der Waals surface area contributed by atoms with Gasteiger partial charge in [-0.05, 0) is 4.92 Å². The van der Waals surface area contributed by atoms with E-state index < -0.39 is 4.92 Å². The summed E-state index contributed by atoms with van der Waals surface area (Å²) in [5.74, 6) is 0.0447. The van der Waals surface area contributed by atoms with Crippen LogP contribution in [-0.2, 0) is 0 Å². The molecule has 0 unspecified atom stereocenters. The summed E-state index contributed by atoms with van der Waals surface area (Å²) < 4.78 is 0. The number of nitrogens with zero attached hydrogens (tertiary/aromatic N) is 2. The van der Waals surface area contributed by atoms with Crippen molar-refractivity contribution in [2.45, 2.75) is 0 Å². The van der Waals surface area contributed by atoms with Gasteiger partial charge in [0.05, 0.1) is 5.70 Å². The third-order valence-electron chi connectivity index (χ3n) is 1.06. The second-order valence-corrected chi connectivity index (χ2v) is 1.90. The van der Waals surface area contributed by atoms with E-state index in [-0.39, 0.29) is 17.3 Å². The van der Waals surface area contributed by atoms with E-state index in [9.17, 15) is 10.1 Å². The quantitative estimate of drug-likeness (QED) is 0.471. The van der Waals surface area contributed by atoms with E-state index >= 15 is 0 Å². The predicted molar refractivity (Wildman–Crippen MR) is 38.5 cm³/mol. The van der Waals surface area contributed by atoms with Gasteiger partial charge in [0.15, 0.2) is 0 Å². The van der Waals surface area contributed by atoms with Crippen LogP contribution in [0.2, 0.25) is 0 Å². The Balaban J connectivity index is 2.99. The lowest BCUT2D eigenvalue weighted by molar-refractivity contribution is -0.389. The van der Waals surface area contributed by atoms with Crippen molar-refractivity contribution < 1.29 is 4.92 Å². The Kier molecular flexibility index (Phi) is 1.59. The highest BCUT2D eigenvalue weighted by molar-refractivity contribution is 5.53. The van der Waals surface area contributed by atoms with Gasteiger partial charge in [-0.25, -0.2) is 9.97 Å². The van der Waals surface area contributed by atoms with E-state index in [1.165, 1.54) is 0 Å². The molecule has 58 valence electrons. The first-order valence-corrected chi connectivity index (χ1v) is 2.75. The highest BCUT2D eigenvalue weighted by Gasteiger charge is 2.09. The fourth-order valence-electron chi connectivity index (χ4n) is 0.568. The van der Waals surface area contributed by atoms with Gasteiger partial charge in [0.1, 0.15) is 6.20 Å². The highest BCUT2D eigenvalue weighted by Crippen LogP contribution is 2.08. The zero-order valence-corrected chi connectivity index (χ0v) is 5.57. The van der Waals surface area contributed by atoms with Gasteiger partial charge in [-0.15, -0.1) is 0 Å². The minimum Gasteiger partial charge on any atom is -0.394 e. The first-order valence-electron chi connectivity index (χ1n) is 2.75. The van der Waals surface area contributed by atoms with Crippen LogP contribution < -0.4 is 5.73 Å². The van der Waals surface area contributed by atoms with Crippen molar-refractivity contribution >= 4 is 11.5 Å². The Bertz CT molecular complexity index is 275. The predicted octanol–water partition coefficient (Wildman–Crippen LogP) is 0.247. The number of hydrogen-bond donors (Lipinski definition) is 2. The lowest BCUT2D eigenvalue weighted by atomic mass is 10.5. The minimum absolute atomic E-state index is 0.179. The standard InChI is InChI=1S/C5H6N4O2/c1-3(6)5-7-2-4(8-5)9(10)11/h2H,1,6H2,(H,7,8). The molecule has 0 spiro atoms. The van der Waals surface area contributed by atoms with E-state index in [2.05, 4.69) is 16.5 Å². The Morgan fingerprint density at radius 3 is 2.82 bits per heavy atom. The molecular formula is C5H6N4O2. The van der Waals surface area contributed by atoms with Crippen LogP contribution in [0.25, 0.3) is 5.70 Å². The number of aromatic nitrogens is 2. The van der Waals surface area contributed by atoms with E-state index in [1.54, 1.807) is 0 Å². The average molecular weight is 154 g/mol. The lowest BCUT2D eigenvalue weighted by Gasteiger charge is -1.86. The minimum atomic E-state index is -0.584. The monoisotopic (exact) mass is 154 g/mol. The molecule has 0 radical (unpaired) electrons. The molecule has 6 nitrogen and oxygen atoms in total. The van der Waals surface area contributed by atoms with Crippen molar-refractivity contribution in [3.63, 3.8) is 0 Å². The van der Waals surface area contributed by atoms with Gasteiger partial charge in [-0.3, -0.25) is 0 Å². The molecule has 0 amide bonds. The van der Waals surface area contributed by atoms with Gasteiger partial charge in [0.2, 0.25) is 5.82 Å². The van der Waals surface area contributed by atoms with Crippen molar-refractivity contribution in [3.05, 3.63) is 28.7 Å². The maximum Gasteiger partial charge on any atom is 0.340 e. The summed E-state index contributed by atoms with van der Waals surface area (Å²) in [6.45, 7) is 3.36. The molecule has 0 aliphatic rings. The van der Waals surface area contributed by atoms with Gasteiger partial charge in [0.25, 0.3) is 0 Å². The molecule has 1 aromatic heterocycles. The summed E-state index contributed by atoms with van der Waals surface area (Å²) in [6, 6.07) is 0. The summed E-state index contributed by atoms with van der Waals surface area (Å²) in [5.41, 5.74) is 5.40. The van der Waals surface area contributed by atoms with Crippen molar-refractivity contribution in [2.24, 2.45) is 5.73 Å². The summed E-state index contributed by atoms with van der Waals surface area (Å²) in [5, 5.41) is 10.1. The van der Waals surface area contributed by atoms with Crippen LogP contribution in [0, 0.1) is 10.1 Å². The summed E-state index contributed by atoms with van der Waals surface area (Å²) >= 11 is 0. The Morgan fingerprint density at radius 2 is 2.55 bits per heavy atom. The van der Waals surface area contributed by atoms with Crippen LogP contribution in [0.1, 0.15) is 5.82 Å². The molecule has 6 heteroatoms. The van der Waals surface area contributed by atoms with Crippen LogP contribution in [0.3, 0.4) is 0 Å². The molecule has 1 rings (SSSR count). The van der Waals surface area contributed by atoms with E-state index in [4.69, 9.17) is 5.73 Å². The second kappa shape index (κ2) is 2.41. The fourth-order valence-corrected chi connectivity index (χ4v) is 0.568. The third-order valence-corrected chi connectivity index (χ3v) is 1.06. The number of aromatic amines is 1. The van der Waals surface area contributed by atoms with Crippen LogP contribution in [0.4, 0.5) is 5.82 Å². The van der Waals surface area contributed by atoms with E-state index in [1.807, 2.05) is 0 Å². The molecule has 1 heterocycles. The number of nitrogens with one attached hydrogen (secondary N) is 1. The lowest BCUT2D eigenvalue weighted by Crippen LogP contribution is -1.96. The van der Waals surface area contributed by atoms with Gasteiger partial charge in [-0.2, -0.15) is 0 Å². The maximum absolute atomic E-state index is 10.1. The molecule has 0 saturated carbocycles. The first-order chi connectivity index (χ1) is 5.11. The van der Waals surface area contributed by atoms with Gasteiger partial charge < -0.3 is 15.8 Å². The molecule has 1 aromatic rings. The maximum atomic E-state index is 10.1. The third kappa shape index (κ3) is 1.34. The Hall–Kier alpha value is -1.85. The number of nitrogens with two attached hydrogens (primary N) is 1. The number of imidazole rings is 1. The molecule has 11 heavy (non-hydrogen) atoms. The molecular weight excluding hydrogens is 148 g/mol. The first kappa shape index (κ1) is 7.26. The fraction of sp³-hybridized carbons (Fsp3) is 0. The molecule has 0 aliphatic carbocycles. The second-order valence-electron chi connectivity index (χ2n) is 1.90. The molecule has 0 atom stereocenters. The van der Waals surface area contributed by atoms with E-state index in [0.717, 1.165) is 6.20 Å². The average Bonchev–Trinajstić information content (AvgIpc) is 2.33. The molecule has 0 saturated heterocycles. The number of hydrogen-bond acceptors (Lipinski definition) is 4. The summed E-state index contributed by atoms with van der Waals surface area (Å²) in [7, 11) is 0. The smallest absolute Gasteiger partial charge is 0.340 e. The van der Waals surface area contributed by atoms with Crippen LogP contribution in [0.5, 0.6) is 0 Å². The van der Waals surface area contributed by atoms with Crippen LogP contribution in [-0.4, -0.2) is 14.9 Å². The normalized spacial score (nSPS) is 9.45. The van der Waals surface area contributed by atoms with Crippen molar-refractivity contribution in [3.8, 4) is 0 Å². The molecule has 3 N–H and O–H groups in total. The zero-order valence-electron chi connectivity index (χ0n) is 5.57. The Morgan fingerprint density at radius 1 is 1.91 bits per heavy atom. The van der Waals surface area contributed by atoms with Gasteiger partial charge >= 0.3 is 5.82 Å². The van der Waals surface area contributed by atoms with Gasteiger partial charge in [0, 0.05) is 0 Å². The number of nitro groups is 1. The van der Waals surface area contributed by atoms with Crippen LogP contribution in [0.15, 0.2) is 12.8 Å². The number of H-pyrrole nitrogens is 1. The molecule has 0 aromatic carbocycles.